The van der Waals surface area contributed by atoms with Crippen molar-refractivity contribution < 1.29 is 0 Å². The predicted molar refractivity (Wildman–Crippen MR) is 81.7 cm³/mol. The van der Waals surface area contributed by atoms with Gasteiger partial charge in [0.25, 0.3) is 0 Å². The summed E-state index contributed by atoms with van der Waals surface area (Å²) in [6.07, 6.45) is 6.64. The molecule has 2 atom stereocenters. The smallest absolute Gasteiger partial charge is 0.156 e. The van der Waals surface area contributed by atoms with Crippen LogP contribution in [0.5, 0.6) is 0 Å². The van der Waals surface area contributed by atoms with E-state index >= 15 is 0 Å². The van der Waals surface area contributed by atoms with E-state index < -0.39 is 0 Å². The maximum Gasteiger partial charge on any atom is 0.156 e. The predicted octanol–water partition coefficient (Wildman–Crippen LogP) is 3.54. The Hall–Kier alpha value is -0.480. The van der Waals surface area contributed by atoms with Gasteiger partial charge in [-0.25, -0.2) is 0 Å². The summed E-state index contributed by atoms with van der Waals surface area (Å²) >= 11 is 3.70. The van der Waals surface area contributed by atoms with Crippen molar-refractivity contribution in [2.24, 2.45) is 10.9 Å². The molecule has 0 radical (unpaired) electrons. The Kier molecular flexibility index (Phi) is 4.26. The van der Waals surface area contributed by atoms with Crippen LogP contribution in [0.2, 0.25) is 0 Å². The van der Waals surface area contributed by atoms with Crippen LogP contribution in [-0.2, 0) is 6.42 Å². The normalized spacial score (nSPS) is 29.9. The molecule has 98 valence electrons. The molecule has 0 aromatic carbocycles. The van der Waals surface area contributed by atoms with Gasteiger partial charge in [-0.3, -0.25) is 4.99 Å². The average molecular weight is 280 g/mol. The largest absolute Gasteiger partial charge is 0.362 e. The van der Waals surface area contributed by atoms with Gasteiger partial charge in [0, 0.05) is 18.3 Å². The van der Waals surface area contributed by atoms with Gasteiger partial charge in [0.1, 0.15) is 0 Å². The Morgan fingerprint density at radius 1 is 1.33 bits per heavy atom. The number of aliphatic imine (C=N–C) groups is 1. The standard InChI is InChI=1S/C14H20N2S2/c1-2-4-13-12(3-1)10-18-14(16-13)15-7-5-11-6-8-17-9-11/h6,8-9,12-13H,1-5,7,10H2,(H,15,16). The third-order valence-electron chi connectivity index (χ3n) is 3.89. The van der Waals surface area contributed by atoms with Crippen LogP contribution in [0.4, 0.5) is 0 Å². The summed E-state index contributed by atoms with van der Waals surface area (Å²) in [5, 5.41) is 9.20. The Bertz CT molecular complexity index is 400. The van der Waals surface area contributed by atoms with Crippen molar-refractivity contribution >= 4 is 28.3 Å². The molecule has 1 aromatic rings. The summed E-state index contributed by atoms with van der Waals surface area (Å²) in [6.45, 7) is 0.920. The molecule has 1 aliphatic heterocycles. The second kappa shape index (κ2) is 6.11. The summed E-state index contributed by atoms with van der Waals surface area (Å²) in [5.41, 5.74) is 1.42. The van der Waals surface area contributed by atoms with Crippen LogP contribution in [0.1, 0.15) is 31.2 Å². The fourth-order valence-corrected chi connectivity index (χ4v) is 4.69. The number of thiophene rings is 1. The highest BCUT2D eigenvalue weighted by molar-refractivity contribution is 8.13. The molecule has 3 rings (SSSR count). The third kappa shape index (κ3) is 3.09. The second-order valence-corrected chi connectivity index (χ2v) is 6.96. The van der Waals surface area contributed by atoms with Gasteiger partial charge in [0.15, 0.2) is 5.17 Å². The molecular formula is C14H20N2S2. The molecule has 0 bridgehead atoms. The maximum absolute atomic E-state index is 4.72. The van der Waals surface area contributed by atoms with E-state index in [9.17, 15) is 0 Å². The molecule has 2 aliphatic rings. The Morgan fingerprint density at radius 3 is 3.17 bits per heavy atom. The number of rotatable bonds is 3. The lowest BCUT2D eigenvalue weighted by Crippen LogP contribution is -2.46. The Morgan fingerprint density at radius 2 is 2.28 bits per heavy atom. The molecule has 2 unspecified atom stereocenters. The Balaban J connectivity index is 1.50. The molecule has 0 amide bonds. The highest BCUT2D eigenvalue weighted by atomic mass is 32.2. The summed E-state index contributed by atoms with van der Waals surface area (Å²) in [5.74, 6) is 2.16. The van der Waals surface area contributed by atoms with E-state index in [1.165, 1.54) is 42.2 Å². The number of nitrogens with one attached hydrogen (secondary N) is 1. The lowest BCUT2D eigenvalue weighted by atomic mass is 9.86. The van der Waals surface area contributed by atoms with Gasteiger partial charge in [-0.1, -0.05) is 24.6 Å². The van der Waals surface area contributed by atoms with E-state index in [2.05, 4.69) is 22.1 Å². The van der Waals surface area contributed by atoms with Crippen LogP contribution in [0.15, 0.2) is 21.8 Å². The molecule has 2 heterocycles. The van der Waals surface area contributed by atoms with Gasteiger partial charge in [0.05, 0.1) is 0 Å². The van der Waals surface area contributed by atoms with Crippen LogP contribution < -0.4 is 5.32 Å². The first kappa shape index (κ1) is 12.5. The first-order valence-electron chi connectivity index (χ1n) is 6.87. The van der Waals surface area contributed by atoms with Crippen LogP contribution in [-0.4, -0.2) is 23.5 Å². The monoisotopic (exact) mass is 280 g/mol. The van der Waals surface area contributed by atoms with Gasteiger partial charge in [-0.2, -0.15) is 11.3 Å². The first-order valence-corrected chi connectivity index (χ1v) is 8.79. The fraction of sp³-hybridized carbons (Fsp3) is 0.643. The molecule has 4 heteroatoms. The number of hydrogen-bond acceptors (Lipinski definition) is 3. The quantitative estimate of drug-likeness (QED) is 0.916. The molecule has 2 nitrogen and oxygen atoms in total. The molecule has 2 fully saturated rings. The van der Waals surface area contributed by atoms with Crippen molar-refractivity contribution in [1.29, 1.82) is 0 Å². The number of fused-ring (bicyclic) bond motifs is 1. The zero-order valence-electron chi connectivity index (χ0n) is 10.6. The van der Waals surface area contributed by atoms with E-state index in [1.807, 2.05) is 11.8 Å². The fourth-order valence-electron chi connectivity index (χ4n) is 2.80. The molecule has 1 aromatic heterocycles. The number of amidine groups is 1. The molecule has 1 N–H and O–H groups in total. The number of nitrogens with zero attached hydrogens (tertiary/aromatic N) is 1. The molecule has 1 saturated heterocycles. The van der Waals surface area contributed by atoms with Gasteiger partial charge >= 0.3 is 0 Å². The van der Waals surface area contributed by atoms with Gasteiger partial charge in [-0.05, 0) is 47.6 Å². The lowest BCUT2D eigenvalue weighted by molar-refractivity contribution is 0.311. The SMILES string of the molecule is c1cc(CCN=C2NC3CCCCC3CS2)cs1. The third-order valence-corrected chi connectivity index (χ3v) is 5.74. The highest BCUT2D eigenvalue weighted by Crippen LogP contribution is 2.31. The maximum atomic E-state index is 4.72. The molecule has 1 saturated carbocycles. The van der Waals surface area contributed by atoms with Crippen LogP contribution in [0.25, 0.3) is 0 Å². The van der Waals surface area contributed by atoms with Crippen molar-refractivity contribution in [2.75, 3.05) is 12.3 Å². The molecule has 18 heavy (non-hydrogen) atoms. The summed E-state index contributed by atoms with van der Waals surface area (Å²) in [7, 11) is 0. The summed E-state index contributed by atoms with van der Waals surface area (Å²) in [4.78, 5) is 4.72. The van der Waals surface area contributed by atoms with E-state index in [0.717, 1.165) is 18.9 Å². The minimum atomic E-state index is 0.708. The lowest BCUT2D eigenvalue weighted by Gasteiger charge is -2.36. The van der Waals surface area contributed by atoms with Crippen molar-refractivity contribution in [3.05, 3.63) is 22.4 Å². The molecule has 1 aliphatic carbocycles. The van der Waals surface area contributed by atoms with E-state index in [1.54, 1.807) is 11.3 Å². The van der Waals surface area contributed by atoms with E-state index in [-0.39, 0.29) is 0 Å². The first-order chi connectivity index (χ1) is 8.92. The van der Waals surface area contributed by atoms with E-state index in [0.29, 0.717) is 6.04 Å². The van der Waals surface area contributed by atoms with Crippen molar-refractivity contribution in [1.82, 2.24) is 5.32 Å². The zero-order valence-corrected chi connectivity index (χ0v) is 12.2. The van der Waals surface area contributed by atoms with Crippen molar-refractivity contribution in [2.45, 2.75) is 38.1 Å². The summed E-state index contributed by atoms with van der Waals surface area (Å²) in [6, 6.07) is 2.91. The highest BCUT2D eigenvalue weighted by Gasteiger charge is 2.29. The zero-order chi connectivity index (χ0) is 12.2. The minimum absolute atomic E-state index is 0.708. The van der Waals surface area contributed by atoms with Crippen LogP contribution >= 0.6 is 23.1 Å². The van der Waals surface area contributed by atoms with Gasteiger partial charge in [0.2, 0.25) is 0 Å². The van der Waals surface area contributed by atoms with Gasteiger partial charge < -0.3 is 5.32 Å². The summed E-state index contributed by atoms with van der Waals surface area (Å²) < 4.78 is 0. The Labute approximate surface area is 117 Å². The van der Waals surface area contributed by atoms with Crippen molar-refractivity contribution in [3.63, 3.8) is 0 Å². The number of thioether (sulfide) groups is 1. The van der Waals surface area contributed by atoms with E-state index in [4.69, 9.17) is 4.99 Å². The minimum Gasteiger partial charge on any atom is -0.362 e. The van der Waals surface area contributed by atoms with Crippen molar-refractivity contribution in [3.8, 4) is 0 Å². The van der Waals surface area contributed by atoms with Crippen LogP contribution in [0, 0.1) is 5.92 Å². The van der Waals surface area contributed by atoms with Gasteiger partial charge in [-0.15, -0.1) is 0 Å². The molecular weight excluding hydrogens is 260 g/mol. The van der Waals surface area contributed by atoms with Crippen LogP contribution in [0.3, 0.4) is 0 Å². The topological polar surface area (TPSA) is 24.4 Å². The number of hydrogen-bond donors (Lipinski definition) is 1. The average Bonchev–Trinajstić information content (AvgIpc) is 2.92. The second-order valence-electron chi connectivity index (χ2n) is 5.17. The molecule has 0 spiro atoms.